The van der Waals surface area contributed by atoms with E-state index >= 15 is 0 Å². The minimum Gasteiger partial charge on any atom is -0.452 e. The molecule has 0 saturated carbocycles. The molecule has 1 aromatic carbocycles. The summed E-state index contributed by atoms with van der Waals surface area (Å²) in [6, 6.07) is 9.63. The Morgan fingerprint density at radius 3 is 2.26 bits per heavy atom. The van der Waals surface area contributed by atoms with Crippen molar-refractivity contribution in [1.82, 2.24) is 14.7 Å². The second-order valence-electron chi connectivity index (χ2n) is 9.22. The zero-order chi connectivity index (χ0) is 23.0. The van der Waals surface area contributed by atoms with Gasteiger partial charge in [-0.25, -0.2) is 9.48 Å². The van der Waals surface area contributed by atoms with Gasteiger partial charge in [-0.1, -0.05) is 41.9 Å². The fraction of sp³-hybridized carbons (Fsp3) is 0.478. The summed E-state index contributed by atoms with van der Waals surface area (Å²) in [4.78, 5) is 39.4. The van der Waals surface area contributed by atoms with E-state index in [-0.39, 0.29) is 35.2 Å². The minimum atomic E-state index is -0.696. The van der Waals surface area contributed by atoms with Crippen LogP contribution in [0.2, 0.25) is 5.15 Å². The molecule has 0 N–H and O–H groups in total. The molecule has 8 heteroatoms. The first-order valence-electron chi connectivity index (χ1n) is 10.2. The van der Waals surface area contributed by atoms with Crippen molar-refractivity contribution in [2.75, 3.05) is 6.61 Å². The Bertz CT molecular complexity index is 991. The van der Waals surface area contributed by atoms with Gasteiger partial charge in [0, 0.05) is 23.9 Å². The SMILES string of the molecule is Cc1nn(Cc2ccccc2)c(Cl)c1C(=O)OCC(=O)N1C(C)(C)CC(=O)CC1(C)C. The molecule has 0 radical (unpaired) electrons. The molecule has 0 spiro atoms. The molecule has 166 valence electrons. The number of aromatic nitrogens is 2. The Kier molecular flexibility index (Phi) is 6.28. The lowest BCUT2D eigenvalue weighted by Gasteiger charge is -2.51. The number of rotatable bonds is 5. The van der Waals surface area contributed by atoms with Crippen molar-refractivity contribution >= 4 is 29.3 Å². The summed E-state index contributed by atoms with van der Waals surface area (Å²) in [6.07, 6.45) is 0.542. The van der Waals surface area contributed by atoms with Crippen LogP contribution in [0.3, 0.4) is 0 Å². The molecule has 3 rings (SSSR count). The molecule has 1 aliphatic rings. The number of ketones is 1. The molecule has 0 aliphatic carbocycles. The lowest BCUT2D eigenvalue weighted by Crippen LogP contribution is -2.63. The number of piperidine rings is 1. The third-order valence-corrected chi connectivity index (χ3v) is 5.88. The van der Waals surface area contributed by atoms with Crippen LogP contribution in [0.4, 0.5) is 0 Å². The number of hydrogen-bond acceptors (Lipinski definition) is 5. The maximum absolute atomic E-state index is 13.0. The van der Waals surface area contributed by atoms with Crippen molar-refractivity contribution in [3.8, 4) is 0 Å². The summed E-state index contributed by atoms with van der Waals surface area (Å²) in [5, 5.41) is 4.52. The molecule has 2 aromatic rings. The van der Waals surface area contributed by atoms with E-state index in [0.717, 1.165) is 5.56 Å². The highest BCUT2D eigenvalue weighted by Crippen LogP contribution is 2.36. The fourth-order valence-corrected chi connectivity index (χ4v) is 4.90. The Morgan fingerprint density at radius 2 is 1.68 bits per heavy atom. The molecular weight excluding hydrogens is 418 g/mol. The first kappa shape index (κ1) is 23.0. The van der Waals surface area contributed by atoms with Crippen LogP contribution < -0.4 is 0 Å². The zero-order valence-electron chi connectivity index (χ0n) is 18.6. The Morgan fingerprint density at radius 1 is 1.10 bits per heavy atom. The van der Waals surface area contributed by atoms with Crippen LogP contribution in [0.1, 0.15) is 62.2 Å². The topological polar surface area (TPSA) is 81.5 Å². The van der Waals surface area contributed by atoms with Gasteiger partial charge in [0.1, 0.15) is 16.5 Å². The molecule has 1 fully saturated rings. The van der Waals surface area contributed by atoms with E-state index in [0.29, 0.717) is 12.2 Å². The second kappa shape index (κ2) is 8.46. The molecule has 0 atom stereocenters. The number of halogens is 1. The average Bonchev–Trinajstić information content (AvgIpc) is 2.91. The summed E-state index contributed by atoms with van der Waals surface area (Å²) in [7, 11) is 0. The van der Waals surface area contributed by atoms with Crippen LogP contribution in [-0.2, 0) is 20.9 Å². The summed E-state index contributed by atoms with van der Waals surface area (Å²) in [6.45, 7) is 9.05. The predicted octanol–water partition coefficient (Wildman–Crippen LogP) is 3.80. The number of likely N-dealkylation sites (tertiary alicyclic amines) is 1. The van der Waals surface area contributed by atoms with Crippen molar-refractivity contribution in [3.63, 3.8) is 0 Å². The van der Waals surface area contributed by atoms with E-state index < -0.39 is 23.7 Å². The molecular formula is C23H28ClN3O4. The maximum atomic E-state index is 13.0. The van der Waals surface area contributed by atoms with Gasteiger partial charge in [-0.3, -0.25) is 9.59 Å². The maximum Gasteiger partial charge on any atom is 0.343 e. The van der Waals surface area contributed by atoms with E-state index in [2.05, 4.69) is 5.10 Å². The van der Waals surface area contributed by atoms with Gasteiger partial charge in [-0.15, -0.1) is 0 Å². The van der Waals surface area contributed by atoms with Gasteiger partial charge < -0.3 is 9.64 Å². The molecule has 1 saturated heterocycles. The summed E-state index contributed by atoms with van der Waals surface area (Å²) >= 11 is 6.41. The van der Waals surface area contributed by atoms with Gasteiger partial charge in [0.15, 0.2) is 6.61 Å². The lowest BCUT2D eigenvalue weighted by atomic mass is 9.79. The number of benzene rings is 1. The molecule has 1 amide bonds. The first-order chi connectivity index (χ1) is 14.4. The fourth-order valence-electron chi connectivity index (χ4n) is 4.59. The van der Waals surface area contributed by atoms with Crippen molar-refractivity contribution in [2.45, 2.75) is 65.1 Å². The molecule has 2 heterocycles. The minimum absolute atomic E-state index is 0.115. The van der Waals surface area contributed by atoms with Crippen LogP contribution in [0.15, 0.2) is 30.3 Å². The number of carbonyl (C=O) groups excluding carboxylic acids is 3. The number of aryl methyl sites for hydroxylation is 1. The highest BCUT2D eigenvalue weighted by Gasteiger charge is 2.47. The predicted molar refractivity (Wildman–Crippen MR) is 117 cm³/mol. The van der Waals surface area contributed by atoms with Gasteiger partial charge in [0.2, 0.25) is 0 Å². The largest absolute Gasteiger partial charge is 0.452 e. The average molecular weight is 446 g/mol. The number of amides is 1. The monoisotopic (exact) mass is 445 g/mol. The van der Waals surface area contributed by atoms with Crippen LogP contribution in [0.25, 0.3) is 0 Å². The van der Waals surface area contributed by atoms with Crippen LogP contribution in [0, 0.1) is 6.92 Å². The molecule has 1 aromatic heterocycles. The van der Waals surface area contributed by atoms with Crippen LogP contribution in [0.5, 0.6) is 0 Å². The lowest BCUT2D eigenvalue weighted by molar-refractivity contribution is -0.156. The van der Waals surface area contributed by atoms with Gasteiger partial charge in [-0.05, 0) is 40.2 Å². The third kappa shape index (κ3) is 4.82. The highest BCUT2D eigenvalue weighted by atomic mass is 35.5. The third-order valence-electron chi connectivity index (χ3n) is 5.49. The van der Waals surface area contributed by atoms with E-state index in [1.54, 1.807) is 11.8 Å². The molecule has 1 aliphatic heterocycles. The number of esters is 1. The Hall–Kier alpha value is -2.67. The van der Waals surface area contributed by atoms with E-state index in [4.69, 9.17) is 16.3 Å². The molecule has 0 unspecified atom stereocenters. The van der Waals surface area contributed by atoms with E-state index in [9.17, 15) is 14.4 Å². The number of Topliss-reactive ketones (excluding diaryl/α,β-unsaturated/α-hetero) is 1. The van der Waals surface area contributed by atoms with Crippen LogP contribution >= 0.6 is 11.6 Å². The number of carbonyl (C=O) groups is 3. The quantitative estimate of drug-likeness (QED) is 0.654. The van der Waals surface area contributed by atoms with Crippen molar-refractivity contribution in [2.24, 2.45) is 0 Å². The normalized spacial score (nSPS) is 17.5. The van der Waals surface area contributed by atoms with E-state index in [1.165, 1.54) is 4.68 Å². The number of nitrogens with zero attached hydrogens (tertiary/aromatic N) is 3. The first-order valence-corrected chi connectivity index (χ1v) is 10.6. The molecule has 0 bridgehead atoms. The van der Waals surface area contributed by atoms with Crippen LogP contribution in [-0.4, -0.2) is 50.0 Å². The van der Waals surface area contributed by atoms with Gasteiger partial charge in [-0.2, -0.15) is 5.10 Å². The smallest absolute Gasteiger partial charge is 0.343 e. The van der Waals surface area contributed by atoms with E-state index in [1.807, 2.05) is 58.0 Å². The van der Waals surface area contributed by atoms with Gasteiger partial charge in [0.25, 0.3) is 5.91 Å². The second-order valence-corrected chi connectivity index (χ2v) is 9.57. The van der Waals surface area contributed by atoms with Crippen molar-refractivity contribution < 1.29 is 19.1 Å². The summed E-state index contributed by atoms with van der Waals surface area (Å²) in [5.41, 5.74) is 0.263. The van der Waals surface area contributed by atoms with Gasteiger partial charge in [0.05, 0.1) is 12.2 Å². The number of ether oxygens (including phenoxy) is 1. The van der Waals surface area contributed by atoms with Crippen molar-refractivity contribution in [1.29, 1.82) is 0 Å². The molecule has 7 nitrogen and oxygen atoms in total. The van der Waals surface area contributed by atoms with Crippen molar-refractivity contribution in [3.05, 3.63) is 52.3 Å². The molecule has 31 heavy (non-hydrogen) atoms. The van der Waals surface area contributed by atoms with Gasteiger partial charge >= 0.3 is 5.97 Å². The Balaban J connectivity index is 1.72. The number of hydrogen-bond donors (Lipinski definition) is 0. The summed E-state index contributed by atoms with van der Waals surface area (Å²) in [5.74, 6) is -0.926. The standard InChI is InChI=1S/C23H28ClN3O4/c1-15-19(20(24)26(25-15)13-16-9-7-6-8-10-16)21(30)31-14-18(29)27-22(2,3)11-17(28)12-23(27,4)5/h6-10H,11-14H2,1-5H3. The zero-order valence-corrected chi connectivity index (χ0v) is 19.3. The summed E-state index contributed by atoms with van der Waals surface area (Å²) < 4.78 is 6.86. The Labute approximate surface area is 187 Å². The highest BCUT2D eigenvalue weighted by molar-refractivity contribution is 6.32.